The summed E-state index contributed by atoms with van der Waals surface area (Å²) in [6.45, 7) is 2.86. The molecule has 124 valence electrons. The van der Waals surface area contributed by atoms with Crippen molar-refractivity contribution in [2.45, 2.75) is 37.6 Å². The van der Waals surface area contributed by atoms with Gasteiger partial charge in [0.1, 0.15) is 0 Å². The number of sulfonamides is 1. The van der Waals surface area contributed by atoms with E-state index in [9.17, 15) is 18.5 Å². The van der Waals surface area contributed by atoms with Crippen molar-refractivity contribution >= 4 is 28.1 Å². The standard InChI is InChI=1S/C13H19N3O4S.ClH/c1-10-13(3-2-8-14-10)15-21(19,20)9-11-4-6-12(7-5-11)16(17)18;/h4-7,10,13-15H,2-3,8-9H2,1H3;1H. The third-order valence-corrected chi connectivity index (χ3v) is 4.97. The summed E-state index contributed by atoms with van der Waals surface area (Å²) >= 11 is 0. The smallest absolute Gasteiger partial charge is 0.269 e. The highest BCUT2D eigenvalue weighted by Crippen LogP contribution is 2.15. The van der Waals surface area contributed by atoms with Crippen LogP contribution in [0, 0.1) is 10.1 Å². The first-order chi connectivity index (χ1) is 9.87. The molecule has 0 radical (unpaired) electrons. The molecular formula is C13H20ClN3O4S. The molecule has 0 amide bonds. The molecule has 1 aliphatic rings. The second-order valence-corrected chi connectivity index (χ2v) is 7.05. The van der Waals surface area contributed by atoms with Crippen LogP contribution in [0.1, 0.15) is 25.3 Å². The summed E-state index contributed by atoms with van der Waals surface area (Å²) in [7, 11) is -3.46. The Kier molecular flexibility index (Phi) is 6.73. The first-order valence-corrected chi connectivity index (χ1v) is 8.49. The zero-order chi connectivity index (χ0) is 15.5. The lowest BCUT2D eigenvalue weighted by atomic mass is 10.0. The van der Waals surface area contributed by atoms with Gasteiger partial charge in [0, 0.05) is 24.2 Å². The zero-order valence-electron chi connectivity index (χ0n) is 12.2. The molecule has 0 saturated carbocycles. The molecular weight excluding hydrogens is 330 g/mol. The Hall–Kier alpha value is -1.22. The Morgan fingerprint density at radius 2 is 2.00 bits per heavy atom. The van der Waals surface area contributed by atoms with Crippen LogP contribution in [0.15, 0.2) is 24.3 Å². The fourth-order valence-electron chi connectivity index (χ4n) is 2.41. The van der Waals surface area contributed by atoms with Gasteiger partial charge >= 0.3 is 0 Å². The molecule has 2 unspecified atom stereocenters. The van der Waals surface area contributed by atoms with E-state index in [2.05, 4.69) is 10.0 Å². The van der Waals surface area contributed by atoms with E-state index in [1.807, 2.05) is 6.92 Å². The second-order valence-electron chi connectivity index (χ2n) is 5.29. The van der Waals surface area contributed by atoms with Crippen molar-refractivity contribution in [1.29, 1.82) is 0 Å². The molecule has 1 aromatic rings. The number of non-ortho nitro benzene ring substituents is 1. The number of nitrogens with zero attached hydrogens (tertiary/aromatic N) is 1. The zero-order valence-corrected chi connectivity index (χ0v) is 13.8. The lowest BCUT2D eigenvalue weighted by Crippen LogP contribution is -2.52. The molecule has 2 atom stereocenters. The Balaban J connectivity index is 0.00000242. The largest absolute Gasteiger partial charge is 0.313 e. The number of nitro benzene ring substituents is 1. The van der Waals surface area contributed by atoms with E-state index in [1.54, 1.807) is 0 Å². The monoisotopic (exact) mass is 349 g/mol. The molecule has 1 aromatic carbocycles. The van der Waals surface area contributed by atoms with Gasteiger partial charge in [0.15, 0.2) is 0 Å². The third kappa shape index (κ3) is 5.20. The second kappa shape index (κ2) is 7.87. The Morgan fingerprint density at radius 1 is 1.36 bits per heavy atom. The van der Waals surface area contributed by atoms with Crippen molar-refractivity contribution in [2.24, 2.45) is 0 Å². The van der Waals surface area contributed by atoms with Crippen LogP contribution in [-0.2, 0) is 15.8 Å². The van der Waals surface area contributed by atoms with Crippen molar-refractivity contribution in [3.63, 3.8) is 0 Å². The maximum atomic E-state index is 12.2. The predicted octanol–water partition coefficient (Wildman–Crippen LogP) is 1.58. The van der Waals surface area contributed by atoms with Crippen LogP contribution >= 0.6 is 12.4 Å². The molecule has 22 heavy (non-hydrogen) atoms. The topological polar surface area (TPSA) is 101 Å². The summed E-state index contributed by atoms with van der Waals surface area (Å²) in [6.07, 6.45) is 1.75. The van der Waals surface area contributed by atoms with Crippen molar-refractivity contribution in [1.82, 2.24) is 10.0 Å². The molecule has 7 nitrogen and oxygen atoms in total. The van der Waals surface area contributed by atoms with Gasteiger partial charge in [0.05, 0.1) is 10.7 Å². The van der Waals surface area contributed by atoms with Crippen molar-refractivity contribution in [3.05, 3.63) is 39.9 Å². The first-order valence-electron chi connectivity index (χ1n) is 6.84. The number of rotatable bonds is 5. The van der Waals surface area contributed by atoms with Gasteiger partial charge in [-0.15, -0.1) is 12.4 Å². The van der Waals surface area contributed by atoms with Gasteiger partial charge in [0.2, 0.25) is 10.0 Å². The fraction of sp³-hybridized carbons (Fsp3) is 0.538. The highest BCUT2D eigenvalue weighted by atomic mass is 35.5. The van der Waals surface area contributed by atoms with Crippen LogP contribution in [0.25, 0.3) is 0 Å². The maximum absolute atomic E-state index is 12.2. The molecule has 1 saturated heterocycles. The third-order valence-electron chi connectivity index (χ3n) is 3.60. The van der Waals surface area contributed by atoms with Crippen LogP contribution in [0.5, 0.6) is 0 Å². The molecule has 1 heterocycles. The van der Waals surface area contributed by atoms with Crippen molar-refractivity contribution in [2.75, 3.05) is 6.54 Å². The fourth-order valence-corrected chi connectivity index (χ4v) is 3.91. The minimum absolute atomic E-state index is 0. The first kappa shape index (κ1) is 18.8. The van der Waals surface area contributed by atoms with Gasteiger partial charge in [-0.05, 0) is 31.9 Å². The molecule has 2 N–H and O–H groups in total. The SMILES string of the molecule is CC1NCCCC1NS(=O)(=O)Cc1ccc([N+](=O)[O-])cc1.Cl. The number of nitro groups is 1. The average Bonchev–Trinajstić information content (AvgIpc) is 2.41. The van der Waals surface area contributed by atoms with Gasteiger partial charge in [-0.3, -0.25) is 10.1 Å². The maximum Gasteiger partial charge on any atom is 0.269 e. The summed E-state index contributed by atoms with van der Waals surface area (Å²) in [5.74, 6) is -0.172. The predicted molar refractivity (Wildman–Crippen MR) is 86.6 cm³/mol. The summed E-state index contributed by atoms with van der Waals surface area (Å²) in [5.41, 5.74) is 0.485. The number of halogens is 1. The quantitative estimate of drug-likeness (QED) is 0.620. The van der Waals surface area contributed by atoms with Gasteiger partial charge in [0.25, 0.3) is 5.69 Å². The van der Waals surface area contributed by atoms with E-state index >= 15 is 0 Å². The number of hydrogen-bond donors (Lipinski definition) is 2. The highest BCUT2D eigenvalue weighted by Gasteiger charge is 2.25. The molecule has 0 aliphatic carbocycles. The summed E-state index contributed by atoms with van der Waals surface area (Å²) in [6, 6.07) is 5.57. The number of hydrogen-bond acceptors (Lipinski definition) is 5. The van der Waals surface area contributed by atoms with Crippen LogP contribution in [-0.4, -0.2) is 32.0 Å². The minimum Gasteiger partial charge on any atom is -0.313 e. The summed E-state index contributed by atoms with van der Waals surface area (Å²) in [4.78, 5) is 10.1. The van der Waals surface area contributed by atoms with Gasteiger partial charge in [-0.1, -0.05) is 12.1 Å². The van der Waals surface area contributed by atoms with Gasteiger partial charge < -0.3 is 5.32 Å². The van der Waals surface area contributed by atoms with E-state index in [1.165, 1.54) is 24.3 Å². The summed E-state index contributed by atoms with van der Waals surface area (Å²) in [5, 5.41) is 13.8. The molecule has 0 aromatic heterocycles. The van der Waals surface area contributed by atoms with Crippen LogP contribution in [0.2, 0.25) is 0 Å². The van der Waals surface area contributed by atoms with Crippen molar-refractivity contribution in [3.8, 4) is 0 Å². The highest BCUT2D eigenvalue weighted by molar-refractivity contribution is 7.88. The van der Waals surface area contributed by atoms with E-state index < -0.39 is 14.9 Å². The van der Waals surface area contributed by atoms with E-state index in [-0.39, 0.29) is 35.9 Å². The van der Waals surface area contributed by atoms with Gasteiger partial charge in [-0.2, -0.15) is 0 Å². The van der Waals surface area contributed by atoms with Crippen LogP contribution in [0.3, 0.4) is 0 Å². The van der Waals surface area contributed by atoms with E-state index in [0.717, 1.165) is 19.4 Å². The van der Waals surface area contributed by atoms with Crippen LogP contribution < -0.4 is 10.0 Å². The molecule has 1 fully saturated rings. The summed E-state index contributed by atoms with van der Waals surface area (Å²) < 4.78 is 27.0. The molecule has 1 aliphatic heterocycles. The minimum atomic E-state index is -3.46. The van der Waals surface area contributed by atoms with E-state index in [4.69, 9.17) is 0 Å². The molecule has 0 bridgehead atoms. The Bertz CT molecular complexity index is 606. The number of benzene rings is 1. The molecule has 0 spiro atoms. The van der Waals surface area contributed by atoms with Crippen molar-refractivity contribution < 1.29 is 13.3 Å². The lowest BCUT2D eigenvalue weighted by molar-refractivity contribution is -0.384. The number of nitrogens with one attached hydrogen (secondary N) is 2. The normalized spacial score (nSPS) is 21.9. The molecule has 2 rings (SSSR count). The van der Waals surface area contributed by atoms with Crippen LogP contribution in [0.4, 0.5) is 5.69 Å². The Morgan fingerprint density at radius 3 is 2.55 bits per heavy atom. The van der Waals surface area contributed by atoms with Gasteiger partial charge in [-0.25, -0.2) is 13.1 Å². The van der Waals surface area contributed by atoms with E-state index in [0.29, 0.717) is 5.56 Å². The lowest BCUT2D eigenvalue weighted by Gasteiger charge is -2.30. The Labute approximate surface area is 136 Å². The average molecular weight is 350 g/mol. The molecule has 9 heteroatoms. The number of piperidine rings is 1.